The van der Waals surface area contributed by atoms with Crippen LogP contribution in [0.2, 0.25) is 0 Å². The average Bonchev–Trinajstić information content (AvgIpc) is 3.85. The Morgan fingerprint density at radius 2 is 1.62 bits per heavy atom. The van der Waals surface area contributed by atoms with E-state index in [0.717, 1.165) is 21.7 Å². The van der Waals surface area contributed by atoms with Crippen LogP contribution in [0.25, 0.3) is 10.4 Å². The molecule has 16 heteroatoms. The molecule has 2 heterocycles. The number of likely N-dealkylation sites (tertiary alicyclic amines) is 1. The van der Waals surface area contributed by atoms with Crippen molar-refractivity contribution in [2.75, 3.05) is 78.7 Å². The highest BCUT2D eigenvalue weighted by Crippen LogP contribution is 2.28. The molecule has 1 aliphatic rings. The van der Waals surface area contributed by atoms with Crippen LogP contribution in [0.15, 0.2) is 48.0 Å². The monoisotopic (exact) mass is 795 g/mol. The molecule has 0 aliphatic carbocycles. The molecule has 2 aromatic carbocycles. The molecule has 3 aromatic rings. The molecule has 0 bridgehead atoms. The number of carbonyl (C=O) groups is 4. The second-order valence-corrected chi connectivity index (χ2v) is 15.3. The van der Waals surface area contributed by atoms with Crippen LogP contribution in [-0.4, -0.2) is 119 Å². The third kappa shape index (κ3) is 13.5. The summed E-state index contributed by atoms with van der Waals surface area (Å²) in [5.41, 5.74) is 11.0. The van der Waals surface area contributed by atoms with E-state index in [0.29, 0.717) is 95.7 Å². The van der Waals surface area contributed by atoms with Crippen molar-refractivity contribution in [2.45, 2.75) is 59.2 Å². The fourth-order valence-electron chi connectivity index (χ4n) is 6.07. The summed E-state index contributed by atoms with van der Waals surface area (Å²) in [6.45, 7) is 11.5. The van der Waals surface area contributed by atoms with Gasteiger partial charge < -0.3 is 50.8 Å². The minimum atomic E-state index is -0.803. The highest BCUT2D eigenvalue weighted by molar-refractivity contribution is 7.13. The number of hydrogen-bond donors (Lipinski definition) is 5. The Kier molecular flexibility index (Phi) is 17.5. The molecule has 1 fully saturated rings. The van der Waals surface area contributed by atoms with Crippen molar-refractivity contribution in [3.8, 4) is 16.2 Å². The third-order valence-electron chi connectivity index (χ3n) is 9.17. The number of nitrogen functional groups attached to an aromatic ring is 1. The van der Waals surface area contributed by atoms with E-state index in [1.807, 2.05) is 57.5 Å². The summed E-state index contributed by atoms with van der Waals surface area (Å²) in [5, 5.41) is 11.7. The zero-order valence-corrected chi connectivity index (χ0v) is 33.9. The summed E-state index contributed by atoms with van der Waals surface area (Å²) in [4.78, 5) is 59.4. The minimum absolute atomic E-state index is 0.0109. The van der Waals surface area contributed by atoms with Gasteiger partial charge in [-0.05, 0) is 54.5 Å². The maximum atomic E-state index is 13.8. The molecule has 1 aromatic heterocycles. The first-order valence-electron chi connectivity index (χ1n) is 18.9. The number of nitrogens with zero attached hydrogens (tertiary/aromatic N) is 2. The van der Waals surface area contributed by atoms with Crippen LogP contribution in [0.4, 0.5) is 5.69 Å². The van der Waals surface area contributed by atoms with Crippen molar-refractivity contribution in [1.29, 1.82) is 0 Å². The Hall–Kier alpha value is -4.61. The average molecular weight is 796 g/mol. The van der Waals surface area contributed by atoms with Crippen LogP contribution in [-0.2, 0) is 35.1 Å². The number of carbonyl (C=O) groups excluding carboxylic acids is 4. The van der Waals surface area contributed by atoms with Crippen molar-refractivity contribution in [3.63, 3.8) is 0 Å². The van der Waals surface area contributed by atoms with E-state index < -0.39 is 17.5 Å². The summed E-state index contributed by atoms with van der Waals surface area (Å²) in [7, 11) is 1.50. The van der Waals surface area contributed by atoms with Crippen molar-refractivity contribution in [3.05, 3.63) is 64.8 Å². The van der Waals surface area contributed by atoms with Gasteiger partial charge in [-0.3, -0.25) is 19.2 Å². The molecule has 306 valence electrons. The maximum absolute atomic E-state index is 13.8. The van der Waals surface area contributed by atoms with Crippen molar-refractivity contribution >= 4 is 40.7 Å². The number of amides is 4. The lowest BCUT2D eigenvalue weighted by Gasteiger charge is -2.35. The lowest BCUT2D eigenvalue weighted by molar-refractivity contribution is -0.143. The van der Waals surface area contributed by atoms with Gasteiger partial charge in [0.25, 0.3) is 5.91 Å². The van der Waals surface area contributed by atoms with E-state index >= 15 is 0 Å². The van der Waals surface area contributed by atoms with Gasteiger partial charge in [-0.25, -0.2) is 4.98 Å². The Labute approximate surface area is 333 Å². The zero-order chi connectivity index (χ0) is 40.5. The van der Waals surface area contributed by atoms with E-state index in [-0.39, 0.29) is 30.2 Å². The molecular formula is C40H57N7O8S. The number of aryl methyl sites for hydroxylation is 1. The fraction of sp³-hybridized carbons (Fsp3) is 0.525. The molecule has 1 aliphatic heterocycles. The first kappa shape index (κ1) is 44.1. The summed E-state index contributed by atoms with van der Waals surface area (Å²) >= 11 is 1.60. The smallest absolute Gasteiger partial charge is 0.251 e. The molecule has 4 rings (SSSR count). The molecule has 4 amide bonds. The van der Waals surface area contributed by atoms with Crippen LogP contribution in [0.1, 0.15) is 55.2 Å². The van der Waals surface area contributed by atoms with Gasteiger partial charge in [0.15, 0.2) is 0 Å². The van der Waals surface area contributed by atoms with Crippen molar-refractivity contribution < 1.29 is 38.1 Å². The number of rotatable bonds is 22. The molecule has 1 unspecified atom stereocenters. The SMILES string of the molecule is COc1cc(C(=O)NCCOCCOCCOCCNCC(=O)NC(C(=O)N2CCC[C@H]2C(=O)NCc2ccc(-c3scnc3C)cc2)C(C)(C)C)ccc1N. The van der Waals surface area contributed by atoms with Gasteiger partial charge >= 0.3 is 0 Å². The number of methoxy groups -OCH3 is 1. The number of hydrogen-bond acceptors (Lipinski definition) is 12. The maximum Gasteiger partial charge on any atom is 0.251 e. The first-order chi connectivity index (χ1) is 26.9. The number of aromatic nitrogens is 1. The van der Waals surface area contributed by atoms with Crippen molar-refractivity contribution in [2.24, 2.45) is 5.41 Å². The molecule has 0 spiro atoms. The van der Waals surface area contributed by atoms with Gasteiger partial charge in [-0.2, -0.15) is 0 Å². The van der Waals surface area contributed by atoms with Crippen LogP contribution in [0.3, 0.4) is 0 Å². The van der Waals surface area contributed by atoms with Gasteiger partial charge in [-0.1, -0.05) is 45.0 Å². The normalized spacial score (nSPS) is 14.7. The lowest BCUT2D eigenvalue weighted by Crippen LogP contribution is -2.58. The number of ether oxygens (including phenoxy) is 4. The summed E-state index contributed by atoms with van der Waals surface area (Å²) in [5.74, 6) is -0.575. The van der Waals surface area contributed by atoms with Crippen LogP contribution in [0, 0.1) is 12.3 Å². The molecule has 0 radical (unpaired) electrons. The molecule has 2 atom stereocenters. The second-order valence-electron chi connectivity index (χ2n) is 14.5. The van der Waals surface area contributed by atoms with E-state index in [4.69, 9.17) is 24.7 Å². The summed E-state index contributed by atoms with van der Waals surface area (Å²) in [6.07, 6.45) is 1.28. The van der Waals surface area contributed by atoms with Crippen molar-refractivity contribution in [1.82, 2.24) is 31.2 Å². The van der Waals surface area contributed by atoms with Crippen LogP contribution in [0.5, 0.6) is 5.75 Å². The number of thiazole rings is 1. The van der Waals surface area contributed by atoms with Gasteiger partial charge in [0.05, 0.1) is 75.1 Å². The number of benzene rings is 2. The summed E-state index contributed by atoms with van der Waals surface area (Å²) in [6, 6.07) is 11.5. The largest absolute Gasteiger partial charge is 0.495 e. The van der Waals surface area contributed by atoms with Crippen LogP contribution < -0.4 is 31.7 Å². The Bertz CT molecular complexity index is 1730. The Morgan fingerprint density at radius 3 is 2.27 bits per heavy atom. The Morgan fingerprint density at radius 1 is 0.946 bits per heavy atom. The van der Waals surface area contributed by atoms with Gasteiger partial charge in [0.2, 0.25) is 17.7 Å². The number of anilines is 1. The van der Waals surface area contributed by atoms with Gasteiger partial charge in [0, 0.05) is 31.7 Å². The predicted octanol–water partition coefficient (Wildman–Crippen LogP) is 2.92. The van der Waals surface area contributed by atoms with E-state index in [9.17, 15) is 19.2 Å². The lowest BCUT2D eigenvalue weighted by atomic mass is 9.85. The van der Waals surface area contributed by atoms with Crippen LogP contribution >= 0.6 is 11.3 Å². The molecule has 0 saturated carbocycles. The molecule has 6 N–H and O–H groups in total. The second kappa shape index (κ2) is 22.2. The highest BCUT2D eigenvalue weighted by Gasteiger charge is 2.41. The quantitative estimate of drug-likeness (QED) is 0.0742. The third-order valence-corrected chi connectivity index (χ3v) is 10.1. The van der Waals surface area contributed by atoms with E-state index in [1.54, 1.807) is 34.4 Å². The fourth-order valence-corrected chi connectivity index (χ4v) is 6.88. The molecule has 15 nitrogen and oxygen atoms in total. The zero-order valence-electron chi connectivity index (χ0n) is 33.1. The minimum Gasteiger partial charge on any atom is -0.495 e. The molecule has 56 heavy (non-hydrogen) atoms. The number of nitrogens with one attached hydrogen (secondary N) is 4. The first-order valence-corrected chi connectivity index (χ1v) is 19.8. The van der Waals surface area contributed by atoms with Gasteiger partial charge in [0.1, 0.15) is 17.8 Å². The highest BCUT2D eigenvalue weighted by atomic mass is 32.1. The molecular weight excluding hydrogens is 739 g/mol. The number of nitrogens with two attached hydrogens (primary N) is 1. The van der Waals surface area contributed by atoms with E-state index in [2.05, 4.69) is 26.3 Å². The van der Waals surface area contributed by atoms with E-state index in [1.165, 1.54) is 7.11 Å². The topological polar surface area (TPSA) is 195 Å². The summed E-state index contributed by atoms with van der Waals surface area (Å²) < 4.78 is 21.7. The molecule has 1 saturated heterocycles. The Balaban J connectivity index is 1.06. The van der Waals surface area contributed by atoms with Gasteiger partial charge in [-0.15, -0.1) is 11.3 Å². The predicted molar refractivity (Wildman–Crippen MR) is 215 cm³/mol. The standard InChI is InChI=1S/C40H57N7O8S/c1-27-35(56-26-45-27)29-10-8-28(9-11-29)24-44-38(50)32-7-6-16-47(32)39(51)36(40(2,3)4)46-34(48)25-42-14-17-53-19-21-55-22-20-54-18-15-43-37(49)30-12-13-31(41)33(23-30)52-5/h8-13,23,26,32,36,42H,6-7,14-22,24-25,41H2,1-5H3,(H,43,49)(H,44,50)(H,46,48)/t32-,36?/m0/s1.